The number of aliphatic carboxylic acids is 3. The van der Waals surface area contributed by atoms with Gasteiger partial charge in [-0.2, -0.15) is 0 Å². The minimum atomic E-state index is -3.05. The van der Waals surface area contributed by atoms with Gasteiger partial charge in [0.05, 0.1) is 0 Å². The molecule has 0 heterocycles. The first-order valence-electron chi connectivity index (χ1n) is 14.3. The van der Waals surface area contributed by atoms with E-state index in [0.717, 1.165) is 19.3 Å². The molecule has 0 rings (SSSR count). The average Bonchev–Trinajstić information content (AvgIpc) is 2.84. The second-order valence-electron chi connectivity index (χ2n) is 12.2. The van der Waals surface area contributed by atoms with Crippen LogP contribution in [-0.4, -0.2) is 43.9 Å². The van der Waals surface area contributed by atoms with Crippen molar-refractivity contribution in [1.29, 1.82) is 0 Å². The quantitative estimate of drug-likeness (QED) is 0.169. The normalized spacial score (nSPS) is 23.6. The summed E-state index contributed by atoms with van der Waals surface area (Å²) in [7, 11) is 0. The molecule has 0 saturated heterocycles. The van der Waals surface area contributed by atoms with Crippen LogP contribution in [-0.2, 0) is 14.4 Å². The second-order valence-corrected chi connectivity index (χ2v) is 12.2. The van der Waals surface area contributed by atoms with E-state index in [0.29, 0.717) is 0 Å². The zero-order chi connectivity index (χ0) is 29.6. The first kappa shape index (κ1) is 35.4. The van der Waals surface area contributed by atoms with Crippen LogP contribution in [0.3, 0.4) is 0 Å². The van der Waals surface area contributed by atoms with E-state index in [9.17, 15) is 34.8 Å². The van der Waals surface area contributed by atoms with Crippen LogP contribution in [0, 0.1) is 64.6 Å². The summed E-state index contributed by atoms with van der Waals surface area (Å²) in [6.45, 7) is 22.5. The molecule has 0 aliphatic carbocycles. The van der Waals surface area contributed by atoms with Crippen molar-refractivity contribution in [3.63, 3.8) is 0 Å². The molecule has 0 aromatic heterocycles. The molecule has 0 aromatic rings. The largest absolute Gasteiger partial charge is 0.481 e. The van der Waals surface area contributed by atoms with E-state index in [2.05, 4.69) is 0 Å². The third-order valence-corrected chi connectivity index (χ3v) is 11.0. The summed E-state index contributed by atoms with van der Waals surface area (Å²) in [5.74, 6) is -9.64. The highest BCUT2D eigenvalue weighted by atomic mass is 16.4. The van der Waals surface area contributed by atoms with Gasteiger partial charge >= 0.3 is 17.9 Å². The summed E-state index contributed by atoms with van der Waals surface area (Å²) in [5.41, 5.74) is -5.30. The average molecular weight is 529 g/mol. The van der Waals surface area contributed by atoms with Crippen LogP contribution in [0.1, 0.15) is 102 Å². The lowest BCUT2D eigenvalue weighted by Gasteiger charge is -2.56. The van der Waals surface area contributed by atoms with Crippen LogP contribution in [0.5, 0.6) is 0 Å². The van der Waals surface area contributed by atoms with Crippen molar-refractivity contribution in [3.8, 4) is 0 Å². The molecule has 0 saturated carbocycles. The predicted molar refractivity (Wildman–Crippen MR) is 147 cm³/mol. The molecule has 4 N–H and O–H groups in total. The Balaban J connectivity index is 7.83. The molecule has 0 spiro atoms. The van der Waals surface area contributed by atoms with Gasteiger partial charge in [-0.1, -0.05) is 102 Å². The van der Waals surface area contributed by atoms with Crippen molar-refractivity contribution in [2.75, 3.05) is 0 Å². The summed E-state index contributed by atoms with van der Waals surface area (Å²) >= 11 is 0. The van der Waals surface area contributed by atoms with Crippen molar-refractivity contribution in [3.05, 3.63) is 0 Å². The molecule has 0 amide bonds. The SMILES string of the molecule is CCC(C)C(C)C(C)C(C(=O)O)C(O)(C(=O)O)C(C(=O)O)(C(C)C(C)C(C)CC)C(C)C(C)C(C)CC. The van der Waals surface area contributed by atoms with Gasteiger partial charge in [-0.3, -0.25) is 9.59 Å². The monoisotopic (exact) mass is 528 g/mol. The maximum atomic E-state index is 13.6. The molecule has 0 fully saturated rings. The summed E-state index contributed by atoms with van der Waals surface area (Å²) in [6.07, 6.45) is 2.23. The van der Waals surface area contributed by atoms with Gasteiger partial charge in [0, 0.05) is 0 Å². The van der Waals surface area contributed by atoms with Crippen molar-refractivity contribution in [1.82, 2.24) is 0 Å². The molecule has 0 bridgehead atoms. The zero-order valence-electron chi connectivity index (χ0n) is 25.4. The summed E-state index contributed by atoms with van der Waals surface area (Å²) in [5, 5.41) is 44.8. The molecule has 0 aliphatic rings. The van der Waals surface area contributed by atoms with E-state index in [1.165, 1.54) is 0 Å². The number of hydrogen-bond acceptors (Lipinski definition) is 4. The Morgan fingerprint density at radius 1 is 0.568 bits per heavy atom. The molecule has 11 unspecified atom stereocenters. The lowest BCUT2D eigenvalue weighted by molar-refractivity contribution is -0.234. The van der Waals surface area contributed by atoms with Gasteiger partial charge in [0.25, 0.3) is 0 Å². The fraction of sp³-hybridized carbons (Fsp3) is 0.900. The van der Waals surface area contributed by atoms with Gasteiger partial charge < -0.3 is 20.4 Å². The number of carboxylic acids is 3. The van der Waals surface area contributed by atoms with E-state index in [-0.39, 0.29) is 35.5 Å². The number of rotatable bonds is 17. The van der Waals surface area contributed by atoms with E-state index < -0.39 is 52.6 Å². The fourth-order valence-electron chi connectivity index (χ4n) is 6.76. The lowest BCUT2D eigenvalue weighted by atomic mass is 9.47. The third-order valence-electron chi connectivity index (χ3n) is 11.0. The molecule has 7 heteroatoms. The second kappa shape index (κ2) is 14.0. The Morgan fingerprint density at radius 2 is 0.892 bits per heavy atom. The number of hydrogen-bond donors (Lipinski definition) is 4. The van der Waals surface area contributed by atoms with Crippen molar-refractivity contribution < 1.29 is 34.8 Å². The minimum absolute atomic E-state index is 0.0395. The molecule has 7 nitrogen and oxygen atoms in total. The maximum absolute atomic E-state index is 13.6. The first-order valence-corrected chi connectivity index (χ1v) is 14.3. The highest BCUT2D eigenvalue weighted by Crippen LogP contribution is 2.57. The smallest absolute Gasteiger partial charge is 0.337 e. The lowest BCUT2D eigenvalue weighted by Crippen LogP contribution is -2.71. The van der Waals surface area contributed by atoms with Gasteiger partial charge in [-0.05, 0) is 53.3 Å². The number of carboxylic acid groups (broad SMARTS) is 3. The minimum Gasteiger partial charge on any atom is -0.481 e. The van der Waals surface area contributed by atoms with Crippen LogP contribution in [0.2, 0.25) is 0 Å². The molecule has 11 atom stereocenters. The van der Waals surface area contributed by atoms with Crippen LogP contribution in [0.15, 0.2) is 0 Å². The fourth-order valence-corrected chi connectivity index (χ4v) is 6.76. The molecule has 37 heavy (non-hydrogen) atoms. The third kappa shape index (κ3) is 6.34. The summed E-state index contributed by atoms with van der Waals surface area (Å²) in [4.78, 5) is 39.7. The Morgan fingerprint density at radius 3 is 1.14 bits per heavy atom. The van der Waals surface area contributed by atoms with Crippen LogP contribution in [0.4, 0.5) is 0 Å². The molecular weight excluding hydrogens is 472 g/mol. The molecule has 218 valence electrons. The summed E-state index contributed by atoms with van der Waals surface area (Å²) in [6, 6.07) is 0. The van der Waals surface area contributed by atoms with Gasteiger partial charge in [0.1, 0.15) is 11.3 Å². The van der Waals surface area contributed by atoms with E-state index in [1.54, 1.807) is 20.8 Å². The Hall–Kier alpha value is -1.63. The van der Waals surface area contributed by atoms with Gasteiger partial charge in [-0.25, -0.2) is 4.79 Å². The van der Waals surface area contributed by atoms with E-state index in [1.807, 2.05) is 62.3 Å². The van der Waals surface area contributed by atoms with Crippen LogP contribution < -0.4 is 0 Å². The number of carbonyl (C=O) groups is 3. The topological polar surface area (TPSA) is 132 Å². The van der Waals surface area contributed by atoms with Gasteiger partial charge in [0.2, 0.25) is 0 Å². The number of aliphatic hydroxyl groups is 1. The highest BCUT2D eigenvalue weighted by Gasteiger charge is 2.72. The Bertz CT molecular complexity index is 743. The van der Waals surface area contributed by atoms with Crippen molar-refractivity contribution >= 4 is 17.9 Å². The van der Waals surface area contributed by atoms with Gasteiger partial charge in [-0.15, -0.1) is 0 Å². The molecule has 0 aromatic carbocycles. The van der Waals surface area contributed by atoms with Crippen LogP contribution >= 0.6 is 0 Å². The maximum Gasteiger partial charge on any atom is 0.337 e. The van der Waals surface area contributed by atoms with E-state index >= 15 is 0 Å². The Kier molecular flexibility index (Phi) is 13.3. The highest BCUT2D eigenvalue weighted by molar-refractivity contribution is 5.94. The van der Waals surface area contributed by atoms with Crippen molar-refractivity contribution in [2.24, 2.45) is 64.6 Å². The first-order chi connectivity index (χ1) is 16.9. The van der Waals surface area contributed by atoms with Crippen LogP contribution in [0.25, 0.3) is 0 Å². The zero-order valence-corrected chi connectivity index (χ0v) is 25.4. The standard InChI is InChI=1S/C30H56O7/c1-13-16(4)19(7)22(10)25(26(31)32)30(37,28(35)36)29(27(33)34,23(11)20(8)17(5)14-2)24(12)21(9)18(6)15-3/h16-25,37H,13-15H2,1-12H3,(H,31,32)(H,33,34)(H,35,36). The van der Waals surface area contributed by atoms with E-state index in [4.69, 9.17) is 0 Å². The summed E-state index contributed by atoms with van der Waals surface area (Å²) < 4.78 is 0. The predicted octanol–water partition coefficient (Wildman–Crippen LogP) is 6.53. The van der Waals surface area contributed by atoms with Gasteiger partial charge in [0.15, 0.2) is 5.60 Å². The molecular formula is C30H56O7. The van der Waals surface area contributed by atoms with Crippen molar-refractivity contribution in [2.45, 2.75) is 108 Å². The Labute approximate surface area is 225 Å². The molecule has 0 aliphatic heterocycles. The molecule has 0 radical (unpaired) electrons.